The van der Waals surface area contributed by atoms with Crippen molar-refractivity contribution in [2.75, 3.05) is 5.32 Å². The van der Waals surface area contributed by atoms with Crippen LogP contribution in [0.3, 0.4) is 0 Å². The van der Waals surface area contributed by atoms with Crippen LogP contribution >= 0.6 is 11.3 Å². The Morgan fingerprint density at radius 3 is 2.44 bits per heavy atom. The number of benzene rings is 3. The molecule has 2 N–H and O–H groups in total. The molecule has 6 nitrogen and oxygen atoms in total. The lowest BCUT2D eigenvalue weighted by atomic mass is 10.2. The van der Waals surface area contributed by atoms with Crippen molar-refractivity contribution in [3.8, 4) is 10.6 Å². The number of anilines is 1. The summed E-state index contributed by atoms with van der Waals surface area (Å²) in [5.74, 6) is -0.438. The van der Waals surface area contributed by atoms with E-state index in [1.807, 2.05) is 49.4 Å². The highest BCUT2D eigenvalue weighted by Gasteiger charge is 2.23. The van der Waals surface area contributed by atoms with Gasteiger partial charge in [0.15, 0.2) is 0 Å². The highest BCUT2D eigenvalue weighted by molar-refractivity contribution is 7.89. The van der Waals surface area contributed by atoms with Crippen LogP contribution in [-0.4, -0.2) is 25.4 Å². The molecule has 4 rings (SSSR count). The van der Waals surface area contributed by atoms with Crippen molar-refractivity contribution in [1.82, 2.24) is 9.71 Å². The zero-order valence-electron chi connectivity index (χ0n) is 17.9. The van der Waals surface area contributed by atoms with E-state index in [0.717, 1.165) is 26.4 Å². The summed E-state index contributed by atoms with van der Waals surface area (Å²) in [6.45, 7) is 5.08. The zero-order chi connectivity index (χ0) is 22.9. The largest absolute Gasteiger partial charge is 0.325 e. The average Bonchev–Trinajstić information content (AvgIpc) is 3.20. The first-order chi connectivity index (χ1) is 15.2. The van der Waals surface area contributed by atoms with Crippen LogP contribution in [0.4, 0.5) is 5.69 Å². The third-order valence-corrected chi connectivity index (χ3v) is 7.82. The van der Waals surface area contributed by atoms with Gasteiger partial charge in [0, 0.05) is 11.3 Å². The number of fused-ring (bicyclic) bond motifs is 1. The molecule has 1 amide bonds. The maximum atomic E-state index is 12.8. The Balaban J connectivity index is 1.44. The average molecular weight is 466 g/mol. The van der Waals surface area contributed by atoms with Gasteiger partial charge in [-0.05, 0) is 74.4 Å². The number of amides is 1. The number of aryl methyl sites for hydroxylation is 2. The Bertz CT molecular complexity index is 1360. The summed E-state index contributed by atoms with van der Waals surface area (Å²) in [5, 5.41) is 3.67. The van der Waals surface area contributed by atoms with E-state index >= 15 is 0 Å². The maximum Gasteiger partial charge on any atom is 0.242 e. The number of aromatic nitrogens is 1. The van der Waals surface area contributed by atoms with Gasteiger partial charge in [-0.2, -0.15) is 4.72 Å². The number of para-hydroxylation sites is 1. The van der Waals surface area contributed by atoms with E-state index in [9.17, 15) is 13.2 Å². The third kappa shape index (κ3) is 4.72. The van der Waals surface area contributed by atoms with Crippen molar-refractivity contribution in [2.24, 2.45) is 0 Å². The van der Waals surface area contributed by atoms with Gasteiger partial charge in [-0.25, -0.2) is 13.4 Å². The number of hydrogen-bond donors (Lipinski definition) is 2. The Morgan fingerprint density at radius 1 is 1.00 bits per heavy atom. The van der Waals surface area contributed by atoms with Crippen molar-refractivity contribution >= 4 is 43.2 Å². The molecule has 1 heterocycles. The van der Waals surface area contributed by atoms with E-state index in [2.05, 4.69) is 15.0 Å². The first kappa shape index (κ1) is 22.1. The second-order valence-corrected chi connectivity index (χ2v) is 10.4. The summed E-state index contributed by atoms with van der Waals surface area (Å²) in [6, 6.07) is 19.6. The van der Waals surface area contributed by atoms with Crippen LogP contribution < -0.4 is 10.0 Å². The molecule has 0 aliphatic carbocycles. The zero-order valence-corrected chi connectivity index (χ0v) is 19.5. The molecule has 1 atom stereocenters. The lowest BCUT2D eigenvalue weighted by Gasteiger charge is -2.16. The summed E-state index contributed by atoms with van der Waals surface area (Å²) in [6.07, 6.45) is 0. The predicted octanol–water partition coefficient (Wildman–Crippen LogP) is 4.89. The van der Waals surface area contributed by atoms with E-state index in [4.69, 9.17) is 0 Å². The number of hydrogen-bond acceptors (Lipinski definition) is 5. The van der Waals surface area contributed by atoms with Crippen LogP contribution in [-0.2, 0) is 14.8 Å². The molecule has 164 valence electrons. The number of nitrogens with one attached hydrogen (secondary N) is 2. The number of sulfonamides is 1. The monoisotopic (exact) mass is 465 g/mol. The minimum Gasteiger partial charge on any atom is -0.325 e. The highest BCUT2D eigenvalue weighted by Crippen LogP contribution is 2.30. The molecule has 0 radical (unpaired) electrons. The second kappa shape index (κ2) is 8.82. The number of carbonyl (C=O) groups is 1. The third-order valence-electron chi connectivity index (χ3n) is 5.05. The molecule has 8 heteroatoms. The van der Waals surface area contributed by atoms with E-state index in [-0.39, 0.29) is 4.90 Å². The summed E-state index contributed by atoms with van der Waals surface area (Å²) >= 11 is 1.61. The van der Waals surface area contributed by atoms with Gasteiger partial charge in [-0.3, -0.25) is 4.79 Å². The smallest absolute Gasteiger partial charge is 0.242 e. The Labute approximate surface area is 191 Å². The highest BCUT2D eigenvalue weighted by atomic mass is 32.2. The van der Waals surface area contributed by atoms with Crippen molar-refractivity contribution in [3.63, 3.8) is 0 Å². The molecule has 3 aromatic carbocycles. The molecule has 0 saturated carbocycles. The molecule has 0 spiro atoms. The maximum absolute atomic E-state index is 12.8. The van der Waals surface area contributed by atoms with Gasteiger partial charge in [0.2, 0.25) is 15.9 Å². The Hall–Kier alpha value is -3.07. The Kier molecular flexibility index (Phi) is 6.10. The van der Waals surface area contributed by atoms with Crippen molar-refractivity contribution < 1.29 is 13.2 Å². The fourth-order valence-electron chi connectivity index (χ4n) is 3.29. The van der Waals surface area contributed by atoms with Crippen LogP contribution in [0.1, 0.15) is 18.1 Å². The standard InChI is InChI=1S/C24H23N3O3S2/c1-15-8-9-16(2)22(14-15)32(29,30)27-17(3)23(28)25-19-12-10-18(11-13-19)24-26-20-6-4-5-7-21(20)31-24/h4-14,17,27H,1-3H3,(H,25,28)/t17-/m0/s1. The number of rotatable bonds is 6. The molecule has 0 saturated heterocycles. The fourth-order valence-corrected chi connectivity index (χ4v) is 5.79. The summed E-state index contributed by atoms with van der Waals surface area (Å²) in [4.78, 5) is 17.4. The number of thiazole rings is 1. The molecular weight excluding hydrogens is 442 g/mol. The van der Waals surface area contributed by atoms with E-state index in [1.54, 1.807) is 42.5 Å². The topological polar surface area (TPSA) is 88.2 Å². The van der Waals surface area contributed by atoms with Gasteiger partial charge >= 0.3 is 0 Å². The normalized spacial score (nSPS) is 12.6. The SMILES string of the molecule is Cc1ccc(C)c(S(=O)(=O)N[C@@H](C)C(=O)Nc2ccc(-c3nc4ccccc4s3)cc2)c1. The molecule has 32 heavy (non-hydrogen) atoms. The van der Waals surface area contributed by atoms with Crippen LogP contribution in [0.2, 0.25) is 0 Å². The van der Waals surface area contributed by atoms with E-state index in [1.165, 1.54) is 6.92 Å². The van der Waals surface area contributed by atoms with E-state index < -0.39 is 22.0 Å². The van der Waals surface area contributed by atoms with Crippen LogP contribution in [0.5, 0.6) is 0 Å². The van der Waals surface area contributed by atoms with Gasteiger partial charge in [0.1, 0.15) is 5.01 Å². The molecular formula is C24H23N3O3S2. The predicted molar refractivity (Wildman–Crippen MR) is 129 cm³/mol. The van der Waals surface area contributed by atoms with Gasteiger partial charge < -0.3 is 5.32 Å². The molecule has 4 aromatic rings. The molecule has 0 aliphatic rings. The Morgan fingerprint density at radius 2 is 1.72 bits per heavy atom. The number of carbonyl (C=O) groups excluding carboxylic acids is 1. The van der Waals surface area contributed by atoms with Crippen molar-refractivity contribution in [3.05, 3.63) is 77.9 Å². The van der Waals surface area contributed by atoms with Gasteiger partial charge in [0.25, 0.3) is 0 Å². The number of nitrogens with zero attached hydrogens (tertiary/aromatic N) is 1. The minimum absolute atomic E-state index is 0.178. The molecule has 1 aromatic heterocycles. The van der Waals surface area contributed by atoms with Crippen LogP contribution in [0.25, 0.3) is 20.8 Å². The van der Waals surface area contributed by atoms with Crippen LogP contribution in [0, 0.1) is 13.8 Å². The summed E-state index contributed by atoms with van der Waals surface area (Å²) in [5.41, 5.74) is 3.95. The lowest BCUT2D eigenvalue weighted by molar-refractivity contribution is -0.117. The van der Waals surface area contributed by atoms with Crippen LogP contribution in [0.15, 0.2) is 71.6 Å². The molecule has 0 aliphatic heterocycles. The molecule has 0 bridgehead atoms. The quantitative estimate of drug-likeness (QED) is 0.425. The second-order valence-electron chi connectivity index (χ2n) is 7.67. The van der Waals surface area contributed by atoms with Gasteiger partial charge in [-0.1, -0.05) is 24.3 Å². The van der Waals surface area contributed by atoms with E-state index in [0.29, 0.717) is 11.3 Å². The first-order valence-electron chi connectivity index (χ1n) is 10.1. The fraction of sp³-hybridized carbons (Fsp3) is 0.167. The van der Waals surface area contributed by atoms with Crippen molar-refractivity contribution in [1.29, 1.82) is 0 Å². The molecule has 0 fully saturated rings. The van der Waals surface area contributed by atoms with Crippen molar-refractivity contribution in [2.45, 2.75) is 31.7 Å². The first-order valence-corrected chi connectivity index (χ1v) is 12.4. The van der Waals surface area contributed by atoms with Gasteiger partial charge in [-0.15, -0.1) is 11.3 Å². The summed E-state index contributed by atoms with van der Waals surface area (Å²) < 4.78 is 29.1. The minimum atomic E-state index is -3.82. The lowest BCUT2D eigenvalue weighted by Crippen LogP contribution is -2.41. The summed E-state index contributed by atoms with van der Waals surface area (Å²) in [7, 11) is -3.82. The van der Waals surface area contributed by atoms with Gasteiger partial charge in [0.05, 0.1) is 21.2 Å². The molecule has 0 unspecified atom stereocenters.